The molecule has 0 saturated carbocycles. The number of benzene rings is 3. The Kier molecular flexibility index (Phi) is 6.13. The van der Waals surface area contributed by atoms with E-state index >= 15 is 0 Å². The molecule has 1 aliphatic heterocycles. The number of carbonyl (C=O) groups is 1. The molecule has 5 nitrogen and oxygen atoms in total. The molecule has 2 amide bonds. The smallest absolute Gasteiger partial charge is 0.387 e. The topological polar surface area (TPSA) is 53.9 Å². The third kappa shape index (κ3) is 5.00. The Hall–Kier alpha value is -3.45. The van der Waals surface area contributed by atoms with Crippen molar-refractivity contribution in [3.63, 3.8) is 0 Å². The second-order valence-corrected chi connectivity index (χ2v) is 7.31. The van der Waals surface area contributed by atoms with Gasteiger partial charge in [-0.15, -0.1) is 0 Å². The lowest BCUT2D eigenvalue weighted by atomic mass is 9.91. The van der Waals surface area contributed by atoms with E-state index in [1.165, 1.54) is 29.3 Å². The number of hydrazone groups is 1. The second kappa shape index (κ2) is 9.14. The van der Waals surface area contributed by atoms with Gasteiger partial charge in [-0.25, -0.2) is 9.80 Å². The number of amides is 2. The molecule has 1 aliphatic rings. The van der Waals surface area contributed by atoms with E-state index in [0.29, 0.717) is 17.3 Å². The van der Waals surface area contributed by atoms with Gasteiger partial charge in [-0.05, 0) is 47.5 Å². The van der Waals surface area contributed by atoms with Crippen LogP contribution in [0.2, 0.25) is 5.02 Å². The molecule has 4 rings (SSSR count). The van der Waals surface area contributed by atoms with Crippen LogP contribution in [0.1, 0.15) is 17.0 Å². The fourth-order valence-corrected chi connectivity index (χ4v) is 3.49. The molecule has 0 aromatic heterocycles. The summed E-state index contributed by atoms with van der Waals surface area (Å²) in [4.78, 5) is 12.8. The molecule has 3 aromatic rings. The fourth-order valence-electron chi connectivity index (χ4n) is 3.36. The van der Waals surface area contributed by atoms with E-state index in [1.807, 2.05) is 42.5 Å². The number of anilines is 1. The summed E-state index contributed by atoms with van der Waals surface area (Å²) in [5.74, 6) is -0.0868. The molecular formula is C23H18ClF2N3O2. The van der Waals surface area contributed by atoms with E-state index in [2.05, 4.69) is 15.2 Å². The number of nitrogens with one attached hydrogen (secondary N) is 1. The Labute approximate surface area is 182 Å². The summed E-state index contributed by atoms with van der Waals surface area (Å²) in [6, 6.07) is 22.4. The lowest BCUT2D eigenvalue weighted by Gasteiger charge is -2.16. The van der Waals surface area contributed by atoms with Gasteiger partial charge in [0, 0.05) is 16.6 Å². The normalized spacial score (nSPS) is 15.7. The van der Waals surface area contributed by atoms with Crippen molar-refractivity contribution in [3.8, 4) is 5.75 Å². The zero-order valence-electron chi connectivity index (χ0n) is 16.2. The van der Waals surface area contributed by atoms with Gasteiger partial charge in [0.25, 0.3) is 0 Å². The first-order valence-corrected chi connectivity index (χ1v) is 9.90. The number of nitrogens with zero attached hydrogens (tertiary/aromatic N) is 2. The predicted octanol–water partition coefficient (Wildman–Crippen LogP) is 5.98. The molecule has 1 unspecified atom stereocenters. The van der Waals surface area contributed by atoms with Gasteiger partial charge in [-0.3, -0.25) is 0 Å². The van der Waals surface area contributed by atoms with Gasteiger partial charge in [-0.1, -0.05) is 54.1 Å². The summed E-state index contributed by atoms with van der Waals surface area (Å²) in [7, 11) is 0. The van der Waals surface area contributed by atoms with E-state index in [4.69, 9.17) is 11.6 Å². The number of alkyl halides is 2. The van der Waals surface area contributed by atoms with Crippen molar-refractivity contribution in [1.82, 2.24) is 5.01 Å². The molecule has 158 valence electrons. The first-order valence-electron chi connectivity index (χ1n) is 9.52. The molecule has 1 N–H and O–H groups in total. The van der Waals surface area contributed by atoms with Gasteiger partial charge in [0.05, 0.1) is 12.3 Å². The molecule has 0 bridgehead atoms. The minimum atomic E-state index is -2.90. The summed E-state index contributed by atoms with van der Waals surface area (Å²) >= 11 is 6.02. The Morgan fingerprint density at radius 3 is 2.35 bits per heavy atom. The molecule has 1 atom stereocenters. The molecule has 0 spiro atoms. The minimum absolute atomic E-state index is 0.0151. The van der Waals surface area contributed by atoms with Crippen LogP contribution in [0.15, 0.2) is 84.0 Å². The van der Waals surface area contributed by atoms with Crippen molar-refractivity contribution in [2.45, 2.75) is 12.5 Å². The number of hydrogen-bond donors (Lipinski definition) is 1. The van der Waals surface area contributed by atoms with Crippen LogP contribution in [0.5, 0.6) is 5.75 Å². The lowest BCUT2D eigenvalue weighted by molar-refractivity contribution is -0.0498. The van der Waals surface area contributed by atoms with Crippen LogP contribution in [0, 0.1) is 0 Å². The van der Waals surface area contributed by atoms with E-state index in [0.717, 1.165) is 16.8 Å². The Morgan fingerprint density at radius 1 is 1.03 bits per heavy atom. The maximum Gasteiger partial charge on any atom is 0.387 e. The van der Waals surface area contributed by atoms with Crippen molar-refractivity contribution in [2.75, 3.05) is 11.9 Å². The standard InChI is InChI=1S/C23H18ClF2N3O2/c24-17-8-6-16(7-9-17)21-20(15-4-2-1-3-5-15)14-29(28-21)23(30)27-18-10-12-19(13-11-18)31-22(25)26/h1-13,20,22H,14H2,(H,27,30). The monoisotopic (exact) mass is 441 g/mol. The SMILES string of the molecule is O=C(Nc1ccc(OC(F)F)cc1)N1CC(c2ccccc2)C(c2ccc(Cl)cc2)=N1. The van der Waals surface area contributed by atoms with Crippen LogP contribution in [-0.4, -0.2) is 29.9 Å². The summed E-state index contributed by atoms with van der Waals surface area (Å²) in [5, 5.41) is 9.29. The van der Waals surface area contributed by atoms with E-state index in [1.54, 1.807) is 12.1 Å². The third-order valence-corrected chi connectivity index (χ3v) is 5.07. The Balaban J connectivity index is 1.55. The van der Waals surface area contributed by atoms with Gasteiger partial charge in [0.1, 0.15) is 5.75 Å². The molecule has 0 fully saturated rings. The number of urea groups is 1. The molecular weight excluding hydrogens is 424 g/mol. The van der Waals surface area contributed by atoms with Gasteiger partial charge < -0.3 is 10.1 Å². The zero-order valence-corrected chi connectivity index (χ0v) is 17.0. The van der Waals surface area contributed by atoms with Crippen LogP contribution in [0.25, 0.3) is 0 Å². The molecule has 31 heavy (non-hydrogen) atoms. The summed E-state index contributed by atoms with van der Waals surface area (Å²) in [5.41, 5.74) is 3.12. The van der Waals surface area contributed by atoms with E-state index in [9.17, 15) is 13.6 Å². The maximum absolute atomic E-state index is 12.8. The van der Waals surface area contributed by atoms with Crippen LogP contribution in [0.4, 0.5) is 19.3 Å². The average molecular weight is 442 g/mol. The largest absolute Gasteiger partial charge is 0.435 e. The highest BCUT2D eigenvalue weighted by Gasteiger charge is 2.32. The molecule has 8 heteroatoms. The minimum Gasteiger partial charge on any atom is -0.435 e. The summed E-state index contributed by atoms with van der Waals surface area (Å²) < 4.78 is 28.9. The molecule has 3 aromatic carbocycles. The average Bonchev–Trinajstić information content (AvgIpc) is 3.22. The van der Waals surface area contributed by atoms with Gasteiger partial charge in [0.15, 0.2) is 0 Å². The Morgan fingerprint density at radius 2 is 1.71 bits per heavy atom. The lowest BCUT2D eigenvalue weighted by Crippen LogP contribution is -2.30. The molecule has 1 heterocycles. The zero-order chi connectivity index (χ0) is 21.8. The number of carbonyl (C=O) groups excluding carboxylic acids is 1. The maximum atomic E-state index is 12.8. The van der Waals surface area contributed by atoms with Crippen molar-refractivity contribution in [2.24, 2.45) is 5.10 Å². The van der Waals surface area contributed by atoms with Gasteiger partial charge in [0.2, 0.25) is 0 Å². The number of rotatable bonds is 5. The van der Waals surface area contributed by atoms with E-state index in [-0.39, 0.29) is 11.7 Å². The first kappa shape index (κ1) is 20.8. The number of ether oxygens (including phenoxy) is 1. The number of halogens is 3. The van der Waals surface area contributed by atoms with Gasteiger partial charge in [-0.2, -0.15) is 13.9 Å². The van der Waals surface area contributed by atoms with Crippen LogP contribution in [0.3, 0.4) is 0 Å². The Bertz CT molecular complexity index is 1070. The molecule has 0 saturated heterocycles. The predicted molar refractivity (Wildman–Crippen MR) is 116 cm³/mol. The van der Waals surface area contributed by atoms with Crippen LogP contribution >= 0.6 is 11.6 Å². The van der Waals surface area contributed by atoms with Crippen molar-refractivity contribution in [1.29, 1.82) is 0 Å². The highest BCUT2D eigenvalue weighted by molar-refractivity contribution is 6.30. The summed E-state index contributed by atoms with van der Waals surface area (Å²) in [6.07, 6.45) is 0. The second-order valence-electron chi connectivity index (χ2n) is 6.87. The van der Waals surface area contributed by atoms with Crippen molar-refractivity contribution in [3.05, 3.63) is 95.0 Å². The van der Waals surface area contributed by atoms with Crippen molar-refractivity contribution < 1.29 is 18.3 Å². The van der Waals surface area contributed by atoms with E-state index < -0.39 is 12.6 Å². The fraction of sp³-hybridized carbons (Fsp3) is 0.130. The highest BCUT2D eigenvalue weighted by Crippen LogP contribution is 2.30. The third-order valence-electron chi connectivity index (χ3n) is 4.82. The van der Waals surface area contributed by atoms with Crippen molar-refractivity contribution >= 4 is 29.0 Å². The molecule has 0 aliphatic carbocycles. The van der Waals surface area contributed by atoms with Crippen LogP contribution in [-0.2, 0) is 0 Å². The number of hydrogen-bond acceptors (Lipinski definition) is 3. The quantitative estimate of drug-likeness (QED) is 0.529. The first-order chi connectivity index (χ1) is 15.0. The van der Waals surface area contributed by atoms with Gasteiger partial charge >= 0.3 is 12.6 Å². The van der Waals surface area contributed by atoms with Crippen LogP contribution < -0.4 is 10.1 Å². The molecule has 0 radical (unpaired) electrons. The summed E-state index contributed by atoms with van der Waals surface area (Å²) in [6.45, 7) is -2.54. The highest BCUT2D eigenvalue weighted by atomic mass is 35.5.